The molecule has 0 amide bonds. The molecule has 2 atom stereocenters. The number of nitro groups is 2. The fourth-order valence-corrected chi connectivity index (χ4v) is 5.70. The van der Waals surface area contributed by atoms with Gasteiger partial charge in [-0.25, -0.2) is 0 Å². The van der Waals surface area contributed by atoms with Gasteiger partial charge in [0.2, 0.25) is 0 Å². The van der Waals surface area contributed by atoms with E-state index in [1.807, 2.05) is 38.1 Å². The summed E-state index contributed by atoms with van der Waals surface area (Å²) in [5.41, 5.74) is 3.48. The average molecular weight is 915 g/mol. The van der Waals surface area contributed by atoms with E-state index in [0.29, 0.717) is 49.1 Å². The van der Waals surface area contributed by atoms with Gasteiger partial charge in [0.25, 0.3) is 11.4 Å². The molecule has 0 saturated carbocycles. The van der Waals surface area contributed by atoms with Gasteiger partial charge in [-0.05, 0) is 74.5 Å². The number of hydrogen-bond donors (Lipinski definition) is 2. The molecule has 17 nitrogen and oxygen atoms in total. The van der Waals surface area contributed by atoms with Crippen LogP contribution in [0.1, 0.15) is 13.8 Å². The summed E-state index contributed by atoms with van der Waals surface area (Å²) in [6, 6.07) is 22.8. The normalized spacial score (nSPS) is 12.4. The van der Waals surface area contributed by atoms with E-state index >= 15 is 0 Å². The minimum atomic E-state index is -0.812. The van der Waals surface area contributed by atoms with Crippen molar-refractivity contribution < 1.29 is 62.2 Å². The van der Waals surface area contributed by atoms with Crippen molar-refractivity contribution in [2.75, 3.05) is 75.5 Å². The Morgan fingerprint density at radius 2 is 1.03 bits per heavy atom. The summed E-state index contributed by atoms with van der Waals surface area (Å²) < 4.78 is 11.4. The predicted molar refractivity (Wildman–Crippen MR) is 220 cm³/mol. The molecule has 20 heteroatoms. The van der Waals surface area contributed by atoms with Crippen LogP contribution in [0.2, 0.25) is 10.0 Å². The Kier molecular flexibility index (Phi) is 21.2. The van der Waals surface area contributed by atoms with Gasteiger partial charge in [0.15, 0.2) is 0 Å². The van der Waals surface area contributed by atoms with E-state index in [9.17, 15) is 30.4 Å². The van der Waals surface area contributed by atoms with Crippen LogP contribution in [0.5, 0.6) is 0 Å². The Morgan fingerprint density at radius 3 is 1.36 bits per heavy atom. The van der Waals surface area contributed by atoms with E-state index in [4.69, 9.17) is 32.7 Å². The molecular formula is C38H44Cl2N9O8Y-. The Balaban J connectivity index is 0.00000900. The maximum Gasteiger partial charge on any atom is 0.271 e. The number of nitro benzene ring substituents is 2. The van der Waals surface area contributed by atoms with Gasteiger partial charge in [-0.3, -0.25) is 20.2 Å². The van der Waals surface area contributed by atoms with Gasteiger partial charge in [0.05, 0.1) is 69.9 Å². The van der Waals surface area contributed by atoms with Gasteiger partial charge in [-0.15, -0.1) is 23.3 Å². The van der Waals surface area contributed by atoms with Crippen LogP contribution in [0.3, 0.4) is 0 Å². The number of anilines is 2. The quantitative estimate of drug-likeness (QED) is 0.0294. The Hall–Kier alpha value is -4.04. The van der Waals surface area contributed by atoms with E-state index in [2.05, 4.69) is 35.6 Å². The van der Waals surface area contributed by atoms with E-state index in [1.54, 1.807) is 24.3 Å². The van der Waals surface area contributed by atoms with E-state index in [1.165, 1.54) is 36.4 Å². The molecule has 1 radical (unpaired) electrons. The number of halogens is 2. The Labute approximate surface area is 371 Å². The summed E-state index contributed by atoms with van der Waals surface area (Å²) in [6.07, 6.45) is -1.62. The third-order valence-corrected chi connectivity index (χ3v) is 8.94. The maximum atomic E-state index is 10.9. The number of rotatable bonds is 24. The number of non-ortho nitro benzene ring substituents is 2. The van der Waals surface area contributed by atoms with E-state index in [-0.39, 0.29) is 80.4 Å². The molecule has 4 rings (SSSR count). The largest absolute Gasteiger partial charge is 0.658 e. The van der Waals surface area contributed by atoms with Crippen LogP contribution in [-0.4, -0.2) is 98.0 Å². The summed E-state index contributed by atoms with van der Waals surface area (Å²) in [6.45, 7) is 7.87. The van der Waals surface area contributed by atoms with E-state index in [0.717, 1.165) is 24.5 Å². The Bertz CT molecular complexity index is 1820. The number of azo groups is 2. The molecule has 0 aliphatic heterocycles. The zero-order valence-corrected chi connectivity index (χ0v) is 36.4. The van der Waals surface area contributed by atoms with Gasteiger partial charge in [-0.2, -0.15) is 10.2 Å². The van der Waals surface area contributed by atoms with Crippen LogP contribution in [-0.2, 0) is 42.2 Å². The van der Waals surface area contributed by atoms with Crippen molar-refractivity contribution in [2.24, 2.45) is 20.5 Å². The zero-order chi connectivity index (χ0) is 41.2. The second-order valence-electron chi connectivity index (χ2n) is 12.4. The molecule has 0 aliphatic carbocycles. The Morgan fingerprint density at radius 1 is 0.655 bits per heavy atom. The SMILES string of the molecule is CCN(CCOCC(O)C[N-]CC(O)COCCN(CC)c1ccc(N=Nc2ccc([N+](=O)[O-])cc2Cl)cc1)c1ccc(N=Nc2ccc([N+](=O)[O-])cc2Cl)cc1.[Y]. The molecular weight excluding hydrogens is 870 g/mol. The summed E-state index contributed by atoms with van der Waals surface area (Å²) in [7, 11) is 0. The summed E-state index contributed by atoms with van der Waals surface area (Å²) in [4.78, 5) is 25.0. The third-order valence-electron chi connectivity index (χ3n) is 8.33. The van der Waals surface area contributed by atoms with Crippen LogP contribution in [0.4, 0.5) is 45.5 Å². The molecule has 0 bridgehead atoms. The maximum absolute atomic E-state index is 10.9. The number of likely N-dealkylation sites (N-methyl/N-ethyl adjacent to an activating group) is 2. The molecule has 0 spiro atoms. The average Bonchev–Trinajstić information content (AvgIpc) is 3.20. The van der Waals surface area contributed by atoms with Crippen LogP contribution < -0.4 is 9.80 Å². The molecule has 2 N–H and O–H groups in total. The first-order valence-corrected chi connectivity index (χ1v) is 18.8. The van der Waals surface area contributed by atoms with Crippen molar-refractivity contribution in [2.45, 2.75) is 26.1 Å². The van der Waals surface area contributed by atoms with Crippen LogP contribution in [0.15, 0.2) is 105 Å². The van der Waals surface area contributed by atoms with Crippen molar-refractivity contribution in [3.63, 3.8) is 0 Å². The summed E-state index contributed by atoms with van der Waals surface area (Å²) in [5.74, 6) is 0. The number of benzene rings is 4. The minimum absolute atomic E-state index is 0. The first kappa shape index (κ1) is 48.3. The first-order valence-electron chi connectivity index (χ1n) is 18.0. The molecule has 4 aromatic carbocycles. The van der Waals surface area contributed by atoms with Crippen molar-refractivity contribution in [1.82, 2.24) is 0 Å². The summed E-state index contributed by atoms with van der Waals surface area (Å²) >= 11 is 12.2. The molecule has 2 unspecified atom stereocenters. The van der Waals surface area contributed by atoms with E-state index < -0.39 is 22.1 Å². The number of nitrogens with zero attached hydrogens (tertiary/aromatic N) is 9. The molecule has 58 heavy (non-hydrogen) atoms. The van der Waals surface area contributed by atoms with Crippen molar-refractivity contribution in [3.8, 4) is 0 Å². The number of hydrogen-bond acceptors (Lipinski definition) is 14. The number of ether oxygens (including phenoxy) is 2. The smallest absolute Gasteiger partial charge is 0.271 e. The number of aliphatic hydroxyl groups is 2. The molecule has 307 valence electrons. The fourth-order valence-electron chi connectivity index (χ4n) is 5.27. The monoisotopic (exact) mass is 913 g/mol. The first-order chi connectivity index (χ1) is 27.5. The van der Waals surface area contributed by atoms with Crippen molar-refractivity contribution >= 4 is 68.7 Å². The molecule has 0 heterocycles. The standard InChI is InChI=1S/C38H44Cl2N9O8.Y/c1-3-46(29-9-5-27(6-10-29)42-44-37-15-13-31(48(52)53)21-35(37)39)17-19-56-25-33(50)23-41-24-34(51)26-57-20-18-47(4-2)30-11-7-28(8-12-30)43-45-38-16-14-32(49(54)55)22-36(38)40;/h5-16,21-22,33-34,50-51H,3-4,17-20,23-26H2,1-2H3;/q-1;. The minimum Gasteiger partial charge on any atom is -0.658 e. The molecule has 0 aliphatic rings. The third kappa shape index (κ3) is 16.0. The van der Waals surface area contributed by atoms with Gasteiger partial charge >= 0.3 is 0 Å². The van der Waals surface area contributed by atoms with Gasteiger partial charge in [0.1, 0.15) is 11.4 Å². The van der Waals surface area contributed by atoms with Crippen LogP contribution in [0.25, 0.3) is 5.32 Å². The number of aliphatic hydroxyl groups excluding tert-OH is 2. The summed E-state index contributed by atoms with van der Waals surface area (Å²) in [5, 5.41) is 63.5. The van der Waals surface area contributed by atoms with Crippen LogP contribution >= 0.6 is 23.2 Å². The van der Waals surface area contributed by atoms with Crippen molar-refractivity contribution in [3.05, 3.63) is 121 Å². The zero-order valence-electron chi connectivity index (χ0n) is 32.0. The second-order valence-corrected chi connectivity index (χ2v) is 13.2. The molecule has 0 saturated heterocycles. The molecule has 0 fully saturated rings. The van der Waals surface area contributed by atoms with Crippen molar-refractivity contribution in [1.29, 1.82) is 0 Å². The molecule has 4 aromatic rings. The van der Waals surface area contributed by atoms with Crippen LogP contribution in [0, 0.1) is 20.2 Å². The predicted octanol–water partition coefficient (Wildman–Crippen LogP) is 9.12. The molecule has 0 aromatic heterocycles. The fraction of sp³-hybridized carbons (Fsp3) is 0.368. The van der Waals surface area contributed by atoms with Gasteiger partial charge < -0.3 is 34.8 Å². The second kappa shape index (κ2) is 25.4. The van der Waals surface area contributed by atoms with Gasteiger partial charge in [-0.1, -0.05) is 23.2 Å². The topological polar surface area (TPSA) is 215 Å². The van der Waals surface area contributed by atoms with Gasteiger partial charge in [0, 0.05) is 94.5 Å².